The molecule has 0 radical (unpaired) electrons. The van der Waals surface area contributed by atoms with E-state index in [0.29, 0.717) is 34.1 Å². The van der Waals surface area contributed by atoms with Crippen molar-refractivity contribution in [1.82, 2.24) is 4.98 Å². The first-order valence-electron chi connectivity index (χ1n) is 8.99. The van der Waals surface area contributed by atoms with Gasteiger partial charge >= 0.3 is 11.9 Å². The Labute approximate surface area is 175 Å². The smallest absolute Gasteiger partial charge is 0.338 e. The Balaban J connectivity index is 1.73. The van der Waals surface area contributed by atoms with Gasteiger partial charge in [-0.15, -0.1) is 11.3 Å². The van der Waals surface area contributed by atoms with E-state index in [1.807, 2.05) is 6.07 Å². The number of rotatable bonds is 8. The number of ether oxygens (including phenoxy) is 1. The zero-order chi connectivity index (χ0) is 21.5. The highest BCUT2D eigenvalue weighted by atomic mass is 32.1. The number of nitrogens with one attached hydrogen (secondary N) is 1. The molecule has 0 amide bonds. The van der Waals surface area contributed by atoms with Crippen LogP contribution < -0.4 is 5.43 Å². The van der Waals surface area contributed by atoms with Crippen LogP contribution in [0.15, 0.2) is 52.9 Å². The molecule has 0 aliphatic carbocycles. The highest BCUT2D eigenvalue weighted by Crippen LogP contribution is 2.25. The minimum atomic E-state index is -1.32. The standard InChI is InChI=1S/C21H18FN3O4S/c1-2-29-19(26)10-15-12-30-21(24-15)25-23-11-14-5-3-4-6-16(14)13-7-8-17(20(27)28)18(22)9-13/h3-9,11-12H,2,10H2,1H3,(H,24,25)(H,27,28). The van der Waals surface area contributed by atoms with E-state index in [9.17, 15) is 14.0 Å². The second-order valence-electron chi connectivity index (χ2n) is 6.08. The lowest BCUT2D eigenvalue weighted by atomic mass is 9.99. The van der Waals surface area contributed by atoms with Gasteiger partial charge in [-0.2, -0.15) is 5.10 Å². The molecule has 7 nitrogen and oxygen atoms in total. The molecule has 1 heterocycles. The lowest BCUT2D eigenvalue weighted by molar-refractivity contribution is -0.142. The van der Waals surface area contributed by atoms with Crippen LogP contribution in [0.4, 0.5) is 9.52 Å². The molecule has 0 saturated carbocycles. The lowest BCUT2D eigenvalue weighted by Crippen LogP contribution is -2.07. The van der Waals surface area contributed by atoms with Gasteiger partial charge in [-0.3, -0.25) is 10.2 Å². The molecule has 2 aromatic carbocycles. The molecule has 9 heteroatoms. The van der Waals surface area contributed by atoms with E-state index in [2.05, 4.69) is 15.5 Å². The third kappa shape index (κ3) is 5.26. The molecule has 3 aromatic rings. The molecule has 0 fully saturated rings. The molecule has 154 valence electrons. The van der Waals surface area contributed by atoms with Crippen LogP contribution in [0.5, 0.6) is 0 Å². The van der Waals surface area contributed by atoms with Gasteiger partial charge in [-0.1, -0.05) is 30.3 Å². The first-order chi connectivity index (χ1) is 14.5. The van der Waals surface area contributed by atoms with Crippen molar-refractivity contribution < 1.29 is 23.8 Å². The molecule has 3 rings (SSSR count). The number of aromatic nitrogens is 1. The van der Waals surface area contributed by atoms with Gasteiger partial charge in [0.1, 0.15) is 5.82 Å². The molecule has 0 saturated heterocycles. The molecular weight excluding hydrogens is 409 g/mol. The van der Waals surface area contributed by atoms with E-state index in [1.165, 1.54) is 23.5 Å². The SMILES string of the molecule is CCOC(=O)Cc1csc(NN=Cc2ccccc2-c2ccc(C(=O)O)c(F)c2)n1. The highest BCUT2D eigenvalue weighted by Gasteiger charge is 2.12. The van der Waals surface area contributed by atoms with Crippen LogP contribution in [-0.2, 0) is 16.0 Å². The third-order valence-corrected chi connectivity index (χ3v) is 4.81. The van der Waals surface area contributed by atoms with Crippen molar-refractivity contribution in [3.05, 3.63) is 70.5 Å². The maximum atomic E-state index is 14.1. The van der Waals surface area contributed by atoms with Gasteiger partial charge in [0.25, 0.3) is 0 Å². The second kappa shape index (κ2) is 9.75. The summed E-state index contributed by atoms with van der Waals surface area (Å²) < 4.78 is 19.0. The Kier molecular flexibility index (Phi) is 6.87. The maximum absolute atomic E-state index is 14.1. The van der Waals surface area contributed by atoms with Crippen LogP contribution in [0.25, 0.3) is 11.1 Å². The summed E-state index contributed by atoms with van der Waals surface area (Å²) in [5.41, 5.74) is 4.95. The number of esters is 1. The summed E-state index contributed by atoms with van der Waals surface area (Å²) in [7, 11) is 0. The van der Waals surface area contributed by atoms with E-state index in [1.54, 1.807) is 42.8 Å². The number of anilines is 1. The number of hydrogen-bond acceptors (Lipinski definition) is 7. The minimum absolute atomic E-state index is 0.0937. The summed E-state index contributed by atoms with van der Waals surface area (Å²) in [6.45, 7) is 2.06. The molecule has 1 aromatic heterocycles. The Morgan fingerprint density at radius 2 is 2.10 bits per heavy atom. The summed E-state index contributed by atoms with van der Waals surface area (Å²) >= 11 is 1.30. The van der Waals surface area contributed by atoms with Crippen LogP contribution in [0, 0.1) is 5.82 Å². The molecule has 0 unspecified atom stereocenters. The second-order valence-corrected chi connectivity index (χ2v) is 6.94. The zero-order valence-corrected chi connectivity index (χ0v) is 16.8. The van der Waals surface area contributed by atoms with Crippen molar-refractivity contribution in [2.24, 2.45) is 5.10 Å². The molecule has 0 aliphatic rings. The molecule has 0 aliphatic heterocycles. The largest absolute Gasteiger partial charge is 0.478 e. The van der Waals surface area contributed by atoms with Crippen LogP contribution >= 0.6 is 11.3 Å². The number of hydrogen-bond donors (Lipinski definition) is 2. The van der Waals surface area contributed by atoms with Gasteiger partial charge in [-0.25, -0.2) is 14.2 Å². The maximum Gasteiger partial charge on any atom is 0.338 e. The average Bonchev–Trinajstić information content (AvgIpc) is 3.15. The van der Waals surface area contributed by atoms with Crippen molar-refractivity contribution >= 4 is 34.6 Å². The molecule has 0 bridgehead atoms. The van der Waals surface area contributed by atoms with Gasteiger partial charge in [0.05, 0.1) is 30.5 Å². The van der Waals surface area contributed by atoms with E-state index in [4.69, 9.17) is 9.84 Å². The van der Waals surface area contributed by atoms with Gasteiger partial charge in [0.15, 0.2) is 0 Å². The van der Waals surface area contributed by atoms with Gasteiger partial charge in [0.2, 0.25) is 5.13 Å². The van der Waals surface area contributed by atoms with Gasteiger partial charge in [0, 0.05) is 10.9 Å². The summed E-state index contributed by atoms with van der Waals surface area (Å²) in [4.78, 5) is 26.8. The average molecular weight is 427 g/mol. The van der Waals surface area contributed by atoms with Crippen molar-refractivity contribution in [3.8, 4) is 11.1 Å². The number of benzene rings is 2. The number of carbonyl (C=O) groups is 2. The fraction of sp³-hybridized carbons (Fsp3) is 0.143. The number of hydrazone groups is 1. The Bertz CT molecular complexity index is 1100. The number of carboxylic acid groups (broad SMARTS) is 1. The summed E-state index contributed by atoms with van der Waals surface area (Å²) in [5, 5.41) is 15.4. The summed E-state index contributed by atoms with van der Waals surface area (Å²) in [6.07, 6.45) is 1.65. The minimum Gasteiger partial charge on any atom is -0.478 e. The monoisotopic (exact) mass is 427 g/mol. The Hall–Kier alpha value is -3.59. The van der Waals surface area contributed by atoms with Crippen LogP contribution in [0.3, 0.4) is 0 Å². The quantitative estimate of drug-likeness (QED) is 0.317. The zero-order valence-electron chi connectivity index (χ0n) is 16.0. The number of aromatic carboxylic acids is 1. The number of carbonyl (C=O) groups excluding carboxylic acids is 1. The fourth-order valence-electron chi connectivity index (χ4n) is 2.69. The third-order valence-electron chi connectivity index (χ3n) is 4.02. The molecule has 2 N–H and O–H groups in total. The fourth-order valence-corrected chi connectivity index (χ4v) is 3.34. The van der Waals surface area contributed by atoms with Crippen LogP contribution in [0.1, 0.15) is 28.5 Å². The van der Waals surface area contributed by atoms with Gasteiger partial charge < -0.3 is 9.84 Å². The van der Waals surface area contributed by atoms with Crippen molar-refractivity contribution in [2.45, 2.75) is 13.3 Å². The topological polar surface area (TPSA) is 101 Å². The van der Waals surface area contributed by atoms with Crippen LogP contribution in [0.2, 0.25) is 0 Å². The number of thiazole rings is 1. The number of nitrogens with zero attached hydrogens (tertiary/aromatic N) is 2. The van der Waals surface area contributed by atoms with Crippen molar-refractivity contribution in [2.75, 3.05) is 12.0 Å². The normalized spacial score (nSPS) is 10.9. The van der Waals surface area contributed by atoms with Gasteiger partial charge in [-0.05, 0) is 30.2 Å². The van der Waals surface area contributed by atoms with E-state index in [-0.39, 0.29) is 18.0 Å². The predicted octanol–water partition coefficient (Wildman–Crippen LogP) is 4.20. The first-order valence-corrected chi connectivity index (χ1v) is 9.87. The van der Waals surface area contributed by atoms with E-state index < -0.39 is 11.8 Å². The van der Waals surface area contributed by atoms with Crippen molar-refractivity contribution in [1.29, 1.82) is 0 Å². The van der Waals surface area contributed by atoms with E-state index >= 15 is 0 Å². The predicted molar refractivity (Wildman–Crippen MR) is 112 cm³/mol. The Morgan fingerprint density at radius 3 is 2.83 bits per heavy atom. The van der Waals surface area contributed by atoms with Crippen molar-refractivity contribution in [3.63, 3.8) is 0 Å². The molecule has 0 spiro atoms. The highest BCUT2D eigenvalue weighted by molar-refractivity contribution is 7.13. The molecule has 30 heavy (non-hydrogen) atoms. The van der Waals surface area contributed by atoms with Crippen LogP contribution in [-0.4, -0.2) is 34.9 Å². The summed E-state index contributed by atoms with van der Waals surface area (Å²) in [6, 6.07) is 11.2. The first kappa shape index (κ1) is 21.1. The van der Waals surface area contributed by atoms with E-state index in [0.717, 1.165) is 0 Å². The summed E-state index contributed by atoms with van der Waals surface area (Å²) in [5.74, 6) is -2.46. The molecular formula is C21H18FN3O4S. The number of carboxylic acids is 1. The Morgan fingerprint density at radius 1 is 1.30 bits per heavy atom. The number of halogens is 1. The molecule has 0 atom stereocenters. The lowest BCUT2D eigenvalue weighted by Gasteiger charge is -2.07.